The lowest BCUT2D eigenvalue weighted by molar-refractivity contribution is -0.129. The molecule has 1 N–H and O–H groups in total. The lowest BCUT2D eigenvalue weighted by Gasteiger charge is -2.02. The molecule has 5 nitrogen and oxygen atoms in total. The molecule has 0 fully saturated rings. The van der Waals surface area contributed by atoms with Gasteiger partial charge >= 0.3 is 11.9 Å². The molecule has 114 valence electrons. The second-order valence-corrected chi connectivity index (χ2v) is 5.08. The van der Waals surface area contributed by atoms with Gasteiger partial charge in [-0.15, -0.1) is 0 Å². The fraction of sp³-hybridized carbons (Fsp3) is 0.0556. The van der Waals surface area contributed by atoms with Gasteiger partial charge in [0.15, 0.2) is 5.70 Å². The number of carboxylic acid groups (broad SMARTS) is 1. The molecule has 0 amide bonds. The number of aliphatic imine (C=N–C) groups is 1. The number of carboxylic acids is 1. The number of aromatic carboxylic acids is 1. The van der Waals surface area contributed by atoms with Gasteiger partial charge in [0, 0.05) is 5.56 Å². The number of hydrogen-bond acceptors (Lipinski definition) is 4. The van der Waals surface area contributed by atoms with E-state index in [-0.39, 0.29) is 17.2 Å². The van der Waals surface area contributed by atoms with Gasteiger partial charge in [-0.1, -0.05) is 30.3 Å². The van der Waals surface area contributed by atoms with E-state index in [0.29, 0.717) is 5.56 Å². The Morgan fingerprint density at radius 1 is 1.13 bits per heavy atom. The molecule has 0 spiro atoms. The van der Waals surface area contributed by atoms with Crippen LogP contribution in [0.4, 0.5) is 0 Å². The van der Waals surface area contributed by atoms with E-state index < -0.39 is 11.9 Å². The van der Waals surface area contributed by atoms with Crippen LogP contribution in [0.2, 0.25) is 0 Å². The van der Waals surface area contributed by atoms with Crippen LogP contribution in [0.15, 0.2) is 59.2 Å². The molecule has 3 rings (SSSR count). The Labute approximate surface area is 132 Å². The largest absolute Gasteiger partial charge is 0.478 e. The smallest absolute Gasteiger partial charge is 0.363 e. The van der Waals surface area contributed by atoms with E-state index in [0.717, 1.165) is 11.1 Å². The third-order valence-corrected chi connectivity index (χ3v) is 3.46. The number of cyclic esters (lactones) is 1. The van der Waals surface area contributed by atoms with Gasteiger partial charge in [0.2, 0.25) is 5.90 Å². The first kappa shape index (κ1) is 14.7. The van der Waals surface area contributed by atoms with Crippen LogP contribution in [0.5, 0.6) is 0 Å². The molecule has 2 aromatic carbocycles. The van der Waals surface area contributed by atoms with E-state index in [9.17, 15) is 9.59 Å². The zero-order valence-corrected chi connectivity index (χ0v) is 12.3. The molecule has 0 atom stereocenters. The maximum atomic E-state index is 11.9. The normalized spacial score (nSPS) is 15.4. The summed E-state index contributed by atoms with van der Waals surface area (Å²) in [5.41, 5.74) is 2.78. The van der Waals surface area contributed by atoms with Gasteiger partial charge in [-0.3, -0.25) is 0 Å². The third kappa shape index (κ3) is 3.03. The molecule has 2 aromatic rings. The average molecular weight is 307 g/mol. The third-order valence-electron chi connectivity index (χ3n) is 3.46. The molecule has 0 radical (unpaired) electrons. The van der Waals surface area contributed by atoms with E-state index in [1.54, 1.807) is 18.2 Å². The standard InChI is InChI=1S/C18H13NO4/c1-11-4-2-3-5-14(11)16-19-15(18(22)23-16)10-12-6-8-13(9-7-12)17(20)21/h2-10H,1H3,(H,20,21)/b15-10-. The summed E-state index contributed by atoms with van der Waals surface area (Å²) in [6, 6.07) is 13.7. The van der Waals surface area contributed by atoms with Crippen LogP contribution in [0, 0.1) is 6.92 Å². The summed E-state index contributed by atoms with van der Waals surface area (Å²) in [4.78, 5) is 27.0. The van der Waals surface area contributed by atoms with Gasteiger partial charge in [-0.05, 0) is 42.3 Å². The van der Waals surface area contributed by atoms with Crippen LogP contribution in [0.1, 0.15) is 27.0 Å². The van der Waals surface area contributed by atoms with Crippen LogP contribution >= 0.6 is 0 Å². The van der Waals surface area contributed by atoms with Crippen molar-refractivity contribution < 1.29 is 19.4 Å². The molecule has 23 heavy (non-hydrogen) atoms. The maximum absolute atomic E-state index is 11.9. The summed E-state index contributed by atoms with van der Waals surface area (Å²) in [6.07, 6.45) is 1.57. The highest BCUT2D eigenvalue weighted by atomic mass is 16.6. The molecule has 0 aromatic heterocycles. The van der Waals surface area contributed by atoms with Crippen molar-refractivity contribution in [2.45, 2.75) is 6.92 Å². The minimum Gasteiger partial charge on any atom is -0.478 e. The first-order valence-electron chi connectivity index (χ1n) is 6.96. The van der Waals surface area contributed by atoms with Crippen molar-refractivity contribution in [3.05, 3.63) is 76.5 Å². The van der Waals surface area contributed by atoms with Crippen LogP contribution in [0.25, 0.3) is 6.08 Å². The minimum atomic E-state index is -0.996. The van der Waals surface area contributed by atoms with Crippen molar-refractivity contribution >= 4 is 23.9 Å². The predicted octanol–water partition coefficient (Wildman–Crippen LogP) is 3.04. The number of benzene rings is 2. The van der Waals surface area contributed by atoms with Crippen LogP contribution in [-0.2, 0) is 9.53 Å². The summed E-state index contributed by atoms with van der Waals surface area (Å²) >= 11 is 0. The van der Waals surface area contributed by atoms with E-state index >= 15 is 0 Å². The zero-order valence-electron chi connectivity index (χ0n) is 12.3. The molecule has 1 aliphatic rings. The molecule has 0 saturated carbocycles. The van der Waals surface area contributed by atoms with Gasteiger partial charge in [0.1, 0.15) is 0 Å². The predicted molar refractivity (Wildman–Crippen MR) is 85.2 cm³/mol. The number of aryl methyl sites for hydroxylation is 1. The Balaban J connectivity index is 1.92. The first-order chi connectivity index (χ1) is 11.0. The second kappa shape index (κ2) is 5.88. The number of hydrogen-bond donors (Lipinski definition) is 1. The lowest BCUT2D eigenvalue weighted by Crippen LogP contribution is -2.06. The molecule has 0 unspecified atom stereocenters. The van der Waals surface area contributed by atoms with Crippen molar-refractivity contribution in [2.75, 3.05) is 0 Å². The summed E-state index contributed by atoms with van der Waals surface area (Å²) in [5, 5.41) is 8.88. The molecular weight excluding hydrogens is 294 g/mol. The van der Waals surface area contributed by atoms with Gasteiger partial charge < -0.3 is 9.84 Å². The number of rotatable bonds is 3. The Morgan fingerprint density at radius 3 is 2.48 bits per heavy atom. The highest BCUT2D eigenvalue weighted by Crippen LogP contribution is 2.21. The van der Waals surface area contributed by atoms with Crippen molar-refractivity contribution in [3.8, 4) is 0 Å². The zero-order chi connectivity index (χ0) is 16.4. The minimum absolute atomic E-state index is 0.185. The van der Waals surface area contributed by atoms with E-state index in [1.165, 1.54) is 12.1 Å². The Morgan fingerprint density at radius 2 is 1.83 bits per heavy atom. The SMILES string of the molecule is Cc1ccccc1C1=N/C(=C\c2ccc(C(=O)O)cc2)C(=O)O1. The maximum Gasteiger partial charge on any atom is 0.363 e. The number of nitrogens with zero attached hydrogens (tertiary/aromatic N) is 1. The molecule has 1 aliphatic heterocycles. The summed E-state index contributed by atoms with van der Waals surface area (Å²) < 4.78 is 5.22. The highest BCUT2D eigenvalue weighted by molar-refractivity contribution is 6.13. The molecule has 0 saturated heterocycles. The van der Waals surface area contributed by atoms with Gasteiger partial charge in [-0.2, -0.15) is 0 Å². The van der Waals surface area contributed by atoms with Gasteiger partial charge in [0.05, 0.1) is 5.56 Å². The summed E-state index contributed by atoms with van der Waals surface area (Å²) in [7, 11) is 0. The Bertz CT molecular complexity index is 848. The quantitative estimate of drug-likeness (QED) is 0.698. The number of carbonyl (C=O) groups is 2. The van der Waals surface area contributed by atoms with Crippen molar-refractivity contribution in [3.63, 3.8) is 0 Å². The summed E-state index contributed by atoms with van der Waals surface area (Å²) in [5.74, 6) is -1.24. The molecular formula is C18H13NO4. The number of esters is 1. The van der Waals surface area contributed by atoms with Crippen molar-refractivity contribution in [2.24, 2.45) is 4.99 Å². The van der Waals surface area contributed by atoms with Crippen molar-refractivity contribution in [1.82, 2.24) is 0 Å². The summed E-state index contributed by atoms with van der Waals surface area (Å²) in [6.45, 7) is 1.91. The van der Waals surface area contributed by atoms with E-state index in [1.807, 2.05) is 31.2 Å². The highest BCUT2D eigenvalue weighted by Gasteiger charge is 2.24. The van der Waals surface area contributed by atoms with Crippen LogP contribution < -0.4 is 0 Å². The number of ether oxygens (including phenoxy) is 1. The average Bonchev–Trinajstić information content (AvgIpc) is 2.89. The van der Waals surface area contributed by atoms with Crippen LogP contribution in [-0.4, -0.2) is 22.9 Å². The van der Waals surface area contributed by atoms with E-state index in [2.05, 4.69) is 4.99 Å². The van der Waals surface area contributed by atoms with E-state index in [4.69, 9.17) is 9.84 Å². The second-order valence-electron chi connectivity index (χ2n) is 5.08. The van der Waals surface area contributed by atoms with Crippen molar-refractivity contribution in [1.29, 1.82) is 0 Å². The van der Waals surface area contributed by atoms with Gasteiger partial charge in [0.25, 0.3) is 0 Å². The molecule has 1 heterocycles. The molecule has 0 aliphatic carbocycles. The first-order valence-corrected chi connectivity index (χ1v) is 6.96. The fourth-order valence-corrected chi connectivity index (χ4v) is 2.22. The molecule has 0 bridgehead atoms. The Hall–Kier alpha value is -3.21. The number of carbonyl (C=O) groups excluding carboxylic acids is 1. The topological polar surface area (TPSA) is 76.0 Å². The van der Waals surface area contributed by atoms with Gasteiger partial charge in [-0.25, -0.2) is 14.6 Å². The Kier molecular flexibility index (Phi) is 3.76. The van der Waals surface area contributed by atoms with Crippen LogP contribution in [0.3, 0.4) is 0 Å². The monoisotopic (exact) mass is 307 g/mol. The lowest BCUT2D eigenvalue weighted by atomic mass is 10.1. The molecule has 5 heteroatoms. The fourth-order valence-electron chi connectivity index (χ4n) is 2.22.